The molecule has 0 aliphatic carbocycles. The molecule has 0 aliphatic heterocycles. The molecule has 1 aromatic carbocycles. The van der Waals surface area contributed by atoms with Crippen molar-refractivity contribution in [3.8, 4) is 17.5 Å². The minimum absolute atomic E-state index is 0.00169. The van der Waals surface area contributed by atoms with Crippen molar-refractivity contribution in [1.82, 2.24) is 15.0 Å². The van der Waals surface area contributed by atoms with E-state index < -0.39 is 40.7 Å². The van der Waals surface area contributed by atoms with E-state index >= 15 is 0 Å². The highest BCUT2D eigenvalue weighted by Crippen LogP contribution is 2.35. The van der Waals surface area contributed by atoms with E-state index in [1.165, 1.54) is 6.20 Å². The van der Waals surface area contributed by atoms with Crippen LogP contribution in [0.15, 0.2) is 41.5 Å². The van der Waals surface area contributed by atoms with Gasteiger partial charge in [0.05, 0.1) is 18.4 Å². The molecule has 0 bridgehead atoms. The third-order valence-corrected chi connectivity index (χ3v) is 3.96. The minimum Gasteiger partial charge on any atom is -0.477 e. The number of ether oxygens (including phenoxy) is 2. The summed E-state index contributed by atoms with van der Waals surface area (Å²) < 4.78 is 76.1. The Balaban J connectivity index is 1.67. The normalized spacial score (nSPS) is 11.4. The first-order valence-corrected chi connectivity index (χ1v) is 8.58. The molecule has 2 heterocycles. The molecule has 0 atom stereocenters. The summed E-state index contributed by atoms with van der Waals surface area (Å²) in [7, 11) is 0. The molecule has 1 N–H and O–H groups in total. The summed E-state index contributed by atoms with van der Waals surface area (Å²) in [6.07, 6.45) is -2.42. The van der Waals surface area contributed by atoms with Gasteiger partial charge in [0.2, 0.25) is 5.88 Å². The monoisotopic (exact) mass is 447 g/mol. The molecular weight excluding hydrogens is 437 g/mol. The fourth-order valence-corrected chi connectivity index (χ4v) is 2.46. The van der Waals surface area contributed by atoms with E-state index in [1.807, 2.05) is 0 Å². The zero-order chi connectivity index (χ0) is 21.9. The van der Waals surface area contributed by atoms with E-state index in [2.05, 4.69) is 15.0 Å². The maximum Gasteiger partial charge on any atom is 0.419 e. The number of nitrogens with zero attached hydrogens (tertiary/aromatic N) is 2. The lowest BCUT2D eigenvalue weighted by atomic mass is 10.2. The van der Waals surface area contributed by atoms with Crippen molar-refractivity contribution in [2.45, 2.75) is 12.6 Å². The number of aromatic nitrogens is 3. The number of hydrogen-bond acceptors (Lipinski definition) is 5. The molecule has 3 rings (SSSR count). The number of alkyl halides is 3. The van der Waals surface area contributed by atoms with Crippen molar-refractivity contribution in [1.29, 1.82) is 0 Å². The molecular formula is C18H11ClF5N3O3. The highest BCUT2D eigenvalue weighted by molar-refractivity contribution is 6.31. The molecule has 0 saturated heterocycles. The van der Waals surface area contributed by atoms with Gasteiger partial charge in [-0.1, -0.05) is 11.6 Å². The van der Waals surface area contributed by atoms with Crippen molar-refractivity contribution in [3.05, 3.63) is 74.9 Å². The number of pyridine rings is 1. The molecule has 2 aromatic heterocycles. The lowest BCUT2D eigenvalue weighted by Crippen LogP contribution is -2.13. The first-order valence-electron chi connectivity index (χ1n) is 8.20. The molecule has 0 unspecified atom stereocenters. The molecule has 6 nitrogen and oxygen atoms in total. The quantitative estimate of drug-likeness (QED) is 0.562. The van der Waals surface area contributed by atoms with Crippen LogP contribution in [0.2, 0.25) is 5.02 Å². The third-order valence-electron chi connectivity index (χ3n) is 3.69. The lowest BCUT2D eigenvalue weighted by Gasteiger charge is -2.11. The molecule has 12 heteroatoms. The topological polar surface area (TPSA) is 77.1 Å². The second-order valence-electron chi connectivity index (χ2n) is 5.84. The Bertz CT molecular complexity index is 1120. The van der Waals surface area contributed by atoms with Gasteiger partial charge in [0.15, 0.2) is 5.82 Å². The second kappa shape index (κ2) is 8.66. The van der Waals surface area contributed by atoms with Gasteiger partial charge in [-0.15, -0.1) is 0 Å². The molecule has 3 aromatic rings. The molecule has 0 spiro atoms. The van der Waals surface area contributed by atoms with Gasteiger partial charge in [-0.2, -0.15) is 18.2 Å². The van der Waals surface area contributed by atoms with Gasteiger partial charge in [0.1, 0.15) is 16.6 Å². The van der Waals surface area contributed by atoms with Crippen LogP contribution in [0.4, 0.5) is 22.0 Å². The standard InChI is InChI=1S/C18H11ClF5N3O3/c19-12-8-26-17(28)27-15(12)29-4-3-9-5-14(21)16(25-7-9)30-10-1-2-13(20)11(6-10)18(22,23)24/h1-2,5-8H,3-4H2,(H,26,27,28). The average molecular weight is 448 g/mol. The Morgan fingerprint density at radius 1 is 1.07 bits per heavy atom. The Morgan fingerprint density at radius 3 is 2.53 bits per heavy atom. The van der Waals surface area contributed by atoms with E-state index in [0.717, 1.165) is 18.3 Å². The van der Waals surface area contributed by atoms with Crippen LogP contribution >= 0.6 is 11.6 Å². The van der Waals surface area contributed by atoms with E-state index in [4.69, 9.17) is 21.1 Å². The highest BCUT2D eigenvalue weighted by atomic mass is 35.5. The molecule has 0 fully saturated rings. The first-order chi connectivity index (χ1) is 14.1. The predicted octanol–water partition coefficient (Wildman–Crippen LogP) is 4.53. The number of H-pyrrole nitrogens is 1. The van der Waals surface area contributed by atoms with Gasteiger partial charge in [-0.25, -0.2) is 18.6 Å². The van der Waals surface area contributed by atoms with Crippen LogP contribution in [0.1, 0.15) is 11.1 Å². The van der Waals surface area contributed by atoms with Crippen molar-refractivity contribution in [2.75, 3.05) is 6.61 Å². The van der Waals surface area contributed by atoms with Crippen LogP contribution in [0.25, 0.3) is 0 Å². The maximum atomic E-state index is 14.2. The number of aromatic amines is 1. The number of nitrogens with one attached hydrogen (secondary N) is 1. The summed E-state index contributed by atoms with van der Waals surface area (Å²) in [5, 5.41) is 0.0835. The van der Waals surface area contributed by atoms with E-state index in [1.54, 1.807) is 0 Å². The smallest absolute Gasteiger partial charge is 0.419 e. The molecule has 0 radical (unpaired) electrons. The Hall–Kier alpha value is -3.21. The Kier molecular flexibility index (Phi) is 6.20. The second-order valence-corrected chi connectivity index (χ2v) is 6.24. The molecule has 158 valence electrons. The van der Waals surface area contributed by atoms with Crippen molar-refractivity contribution < 1.29 is 31.4 Å². The van der Waals surface area contributed by atoms with Crippen LogP contribution in [-0.2, 0) is 12.6 Å². The molecule has 0 amide bonds. The summed E-state index contributed by atoms with van der Waals surface area (Å²) >= 11 is 5.81. The Morgan fingerprint density at radius 2 is 1.83 bits per heavy atom. The number of benzene rings is 1. The minimum atomic E-state index is -4.93. The lowest BCUT2D eigenvalue weighted by molar-refractivity contribution is -0.140. The fourth-order valence-electron chi connectivity index (χ4n) is 2.31. The zero-order valence-corrected chi connectivity index (χ0v) is 15.5. The summed E-state index contributed by atoms with van der Waals surface area (Å²) in [5.74, 6) is -3.43. The number of hydrogen-bond donors (Lipinski definition) is 1. The molecule has 0 saturated carbocycles. The maximum absolute atomic E-state index is 14.2. The SMILES string of the molecule is O=c1ncc(Cl)c(OCCc2cnc(Oc3ccc(F)c(C(F)(F)F)c3)c(F)c2)[nH]1. The largest absolute Gasteiger partial charge is 0.477 e. The van der Waals surface area contributed by atoms with Crippen LogP contribution < -0.4 is 15.2 Å². The molecule has 0 aliphatic rings. The summed E-state index contributed by atoms with van der Waals surface area (Å²) in [6, 6.07) is 2.96. The van der Waals surface area contributed by atoms with Crippen LogP contribution in [0.5, 0.6) is 17.5 Å². The van der Waals surface area contributed by atoms with Crippen LogP contribution in [0.3, 0.4) is 0 Å². The molecule has 30 heavy (non-hydrogen) atoms. The highest BCUT2D eigenvalue weighted by Gasteiger charge is 2.34. The van der Waals surface area contributed by atoms with E-state index in [9.17, 15) is 26.7 Å². The third kappa shape index (κ3) is 5.23. The average Bonchev–Trinajstić information content (AvgIpc) is 2.67. The van der Waals surface area contributed by atoms with Gasteiger partial charge < -0.3 is 9.47 Å². The van der Waals surface area contributed by atoms with Crippen LogP contribution in [0, 0.1) is 11.6 Å². The predicted molar refractivity (Wildman–Crippen MR) is 94.7 cm³/mol. The number of rotatable bonds is 6. The van der Waals surface area contributed by atoms with Crippen molar-refractivity contribution in [2.24, 2.45) is 0 Å². The van der Waals surface area contributed by atoms with Crippen LogP contribution in [-0.4, -0.2) is 21.6 Å². The van der Waals surface area contributed by atoms with Gasteiger partial charge >= 0.3 is 11.9 Å². The van der Waals surface area contributed by atoms with Gasteiger partial charge in [0.25, 0.3) is 5.88 Å². The summed E-state index contributed by atoms with van der Waals surface area (Å²) in [6.45, 7) is 0.00784. The fraction of sp³-hybridized carbons (Fsp3) is 0.167. The van der Waals surface area contributed by atoms with Gasteiger partial charge in [-0.3, -0.25) is 4.98 Å². The van der Waals surface area contributed by atoms with E-state index in [-0.39, 0.29) is 23.9 Å². The number of halogens is 6. The zero-order valence-electron chi connectivity index (χ0n) is 14.8. The summed E-state index contributed by atoms with van der Waals surface area (Å²) in [4.78, 5) is 20.6. The van der Waals surface area contributed by atoms with Gasteiger partial charge in [0, 0.05) is 12.6 Å². The summed E-state index contributed by atoms with van der Waals surface area (Å²) in [5.41, 5.74) is -1.82. The van der Waals surface area contributed by atoms with Crippen molar-refractivity contribution >= 4 is 11.6 Å². The van der Waals surface area contributed by atoms with Gasteiger partial charge in [-0.05, 0) is 29.8 Å². The van der Waals surface area contributed by atoms with Crippen molar-refractivity contribution in [3.63, 3.8) is 0 Å². The first kappa shape index (κ1) is 21.5. The van der Waals surface area contributed by atoms with E-state index in [0.29, 0.717) is 17.7 Å². The Labute approximate surface area is 170 Å².